The zero-order valence-corrected chi connectivity index (χ0v) is 21.2. The van der Waals surface area contributed by atoms with Crippen molar-refractivity contribution >= 4 is 17.3 Å². The second-order valence-corrected chi connectivity index (χ2v) is 9.34. The van der Waals surface area contributed by atoms with E-state index >= 15 is 0 Å². The van der Waals surface area contributed by atoms with Gasteiger partial charge in [-0.2, -0.15) is 0 Å². The molecule has 1 aromatic carbocycles. The van der Waals surface area contributed by atoms with E-state index in [1.165, 1.54) is 5.56 Å². The minimum absolute atomic E-state index is 0.0232. The summed E-state index contributed by atoms with van der Waals surface area (Å²) >= 11 is 5.88. The molecule has 3 aromatic heterocycles. The third kappa shape index (κ3) is 4.39. The zero-order valence-electron chi connectivity index (χ0n) is 20.4. The number of pyridine rings is 2. The van der Waals surface area contributed by atoms with Crippen LogP contribution in [0.1, 0.15) is 45.9 Å². The molecule has 1 N–H and O–H groups in total. The maximum absolute atomic E-state index is 5.88. The number of rotatable bonds is 6. The molecule has 0 unspecified atom stereocenters. The molecular weight excluding hydrogens is 454 g/mol. The third-order valence-electron chi connectivity index (χ3n) is 6.62. The monoisotopic (exact) mass is 483 g/mol. The van der Waals surface area contributed by atoms with Crippen LogP contribution in [0.3, 0.4) is 0 Å². The first-order valence-electron chi connectivity index (χ1n) is 11.7. The first kappa shape index (κ1) is 23.1. The van der Waals surface area contributed by atoms with Crippen molar-refractivity contribution in [3.05, 3.63) is 107 Å². The highest BCUT2D eigenvalue weighted by Gasteiger charge is 2.41. The molecule has 5 rings (SSSR count). The molecule has 0 bridgehead atoms. The topological polar surface area (TPSA) is 55.2 Å². The average Bonchev–Trinajstić information content (AvgIpc) is 3.35. The molecule has 0 spiro atoms. The highest BCUT2D eigenvalue weighted by Crippen LogP contribution is 2.42. The fourth-order valence-corrected chi connectivity index (χ4v) is 5.18. The number of methoxy groups -OCH3 is 1. The number of aromatic nitrogens is 3. The standard InChI is InChI=1S/C28H29N5OS/c1-18-8-13-25(30-16-18)33-19(2)15-23(20(33)3)27-26(24-7-5-6-14-29-24)31-28(35)32(27)17-21-9-11-22(34-4)12-10-21/h5-16,26-27H,17H2,1-4H3,(H,31,35)/t26-,27+/m0/s1. The number of aryl methyl sites for hydroxylation is 2. The van der Waals surface area contributed by atoms with E-state index in [-0.39, 0.29) is 12.1 Å². The Bertz CT molecular complexity index is 1330. The summed E-state index contributed by atoms with van der Waals surface area (Å²) in [6.45, 7) is 7.02. The van der Waals surface area contributed by atoms with Gasteiger partial charge in [0.1, 0.15) is 11.6 Å². The van der Waals surface area contributed by atoms with E-state index in [1.54, 1.807) is 7.11 Å². The van der Waals surface area contributed by atoms with Crippen LogP contribution in [-0.2, 0) is 6.54 Å². The SMILES string of the molecule is COc1ccc(CN2C(=S)N[C@@H](c3ccccn3)[C@H]2c2cc(C)n(-c3ccc(C)cn3)c2C)cc1. The first-order chi connectivity index (χ1) is 17.0. The summed E-state index contributed by atoms with van der Waals surface area (Å²) in [6, 6.07) is 20.5. The Morgan fingerprint density at radius 1 is 1.00 bits per heavy atom. The van der Waals surface area contributed by atoms with Crippen LogP contribution in [0.4, 0.5) is 0 Å². The maximum Gasteiger partial charge on any atom is 0.170 e. The van der Waals surface area contributed by atoms with Crippen LogP contribution >= 0.6 is 12.2 Å². The van der Waals surface area contributed by atoms with Gasteiger partial charge < -0.3 is 19.5 Å². The normalized spacial score (nSPS) is 17.5. The van der Waals surface area contributed by atoms with E-state index in [0.29, 0.717) is 6.54 Å². The second kappa shape index (κ2) is 9.50. The van der Waals surface area contributed by atoms with Crippen LogP contribution in [-0.4, -0.2) is 31.7 Å². The number of ether oxygens (including phenoxy) is 1. The predicted molar refractivity (Wildman–Crippen MR) is 142 cm³/mol. The Hall–Kier alpha value is -3.71. The van der Waals surface area contributed by atoms with Crippen molar-refractivity contribution in [2.75, 3.05) is 7.11 Å². The van der Waals surface area contributed by atoms with Gasteiger partial charge in [0.15, 0.2) is 5.11 Å². The molecule has 6 nitrogen and oxygen atoms in total. The zero-order chi connectivity index (χ0) is 24.5. The summed E-state index contributed by atoms with van der Waals surface area (Å²) in [4.78, 5) is 11.6. The Balaban J connectivity index is 1.59. The molecule has 7 heteroatoms. The van der Waals surface area contributed by atoms with Gasteiger partial charge in [-0.3, -0.25) is 4.98 Å². The van der Waals surface area contributed by atoms with Gasteiger partial charge in [-0.15, -0.1) is 0 Å². The summed E-state index contributed by atoms with van der Waals surface area (Å²) in [5.41, 5.74) is 6.77. The minimum atomic E-state index is -0.0677. The number of nitrogens with zero attached hydrogens (tertiary/aromatic N) is 4. The lowest BCUT2D eigenvalue weighted by molar-refractivity contribution is 0.310. The molecule has 0 amide bonds. The van der Waals surface area contributed by atoms with Crippen molar-refractivity contribution in [1.29, 1.82) is 0 Å². The number of hydrogen-bond donors (Lipinski definition) is 1. The molecule has 4 heterocycles. The quantitative estimate of drug-likeness (QED) is 0.372. The lowest BCUT2D eigenvalue weighted by Gasteiger charge is -2.28. The van der Waals surface area contributed by atoms with Gasteiger partial charge in [0.25, 0.3) is 0 Å². The second-order valence-electron chi connectivity index (χ2n) is 8.96. The maximum atomic E-state index is 5.88. The molecule has 35 heavy (non-hydrogen) atoms. The molecule has 2 atom stereocenters. The fraction of sp³-hybridized carbons (Fsp3) is 0.250. The molecule has 0 saturated carbocycles. The Labute approximate surface area is 211 Å². The highest BCUT2D eigenvalue weighted by atomic mass is 32.1. The summed E-state index contributed by atoms with van der Waals surface area (Å²) in [6.07, 6.45) is 3.75. The van der Waals surface area contributed by atoms with Gasteiger partial charge >= 0.3 is 0 Å². The van der Waals surface area contributed by atoms with E-state index in [2.05, 4.69) is 81.9 Å². The molecule has 178 valence electrons. The van der Waals surface area contributed by atoms with Crippen molar-refractivity contribution in [1.82, 2.24) is 24.8 Å². The Morgan fingerprint density at radius 2 is 1.80 bits per heavy atom. The molecular formula is C28H29N5OS. The summed E-state index contributed by atoms with van der Waals surface area (Å²) in [7, 11) is 1.68. The van der Waals surface area contributed by atoms with E-state index < -0.39 is 0 Å². The number of benzene rings is 1. The molecule has 0 radical (unpaired) electrons. The van der Waals surface area contributed by atoms with Gasteiger partial charge in [-0.05, 0) is 86.1 Å². The first-order valence-corrected chi connectivity index (χ1v) is 12.1. The molecule has 1 aliphatic rings. The summed E-state index contributed by atoms with van der Waals surface area (Å²) in [5, 5.41) is 4.28. The third-order valence-corrected chi connectivity index (χ3v) is 6.98. The lowest BCUT2D eigenvalue weighted by atomic mass is 9.96. The van der Waals surface area contributed by atoms with E-state index in [9.17, 15) is 0 Å². The Morgan fingerprint density at radius 3 is 2.46 bits per heavy atom. The van der Waals surface area contributed by atoms with Gasteiger partial charge in [-0.1, -0.05) is 24.3 Å². The van der Waals surface area contributed by atoms with Crippen molar-refractivity contribution in [3.8, 4) is 11.6 Å². The smallest absolute Gasteiger partial charge is 0.170 e. The number of nitrogens with one attached hydrogen (secondary N) is 1. The van der Waals surface area contributed by atoms with Crippen molar-refractivity contribution in [3.63, 3.8) is 0 Å². The van der Waals surface area contributed by atoms with Crippen LogP contribution in [0.15, 0.2) is 73.1 Å². The fourth-order valence-electron chi connectivity index (χ4n) is 4.87. The largest absolute Gasteiger partial charge is 0.497 e. The van der Waals surface area contributed by atoms with Crippen LogP contribution in [0.2, 0.25) is 0 Å². The van der Waals surface area contributed by atoms with Gasteiger partial charge in [0.05, 0.1) is 24.9 Å². The van der Waals surface area contributed by atoms with Crippen LogP contribution in [0.5, 0.6) is 5.75 Å². The molecule has 4 aromatic rings. The van der Waals surface area contributed by atoms with Gasteiger partial charge in [0, 0.05) is 30.3 Å². The van der Waals surface area contributed by atoms with Crippen LogP contribution in [0, 0.1) is 20.8 Å². The van der Waals surface area contributed by atoms with Crippen molar-refractivity contribution in [2.45, 2.75) is 39.4 Å². The average molecular weight is 484 g/mol. The van der Waals surface area contributed by atoms with E-state index in [0.717, 1.165) is 44.9 Å². The lowest BCUT2D eigenvalue weighted by Crippen LogP contribution is -2.29. The molecule has 1 saturated heterocycles. The van der Waals surface area contributed by atoms with Crippen LogP contribution < -0.4 is 10.1 Å². The summed E-state index contributed by atoms with van der Waals surface area (Å²) < 4.78 is 7.56. The highest BCUT2D eigenvalue weighted by molar-refractivity contribution is 7.80. The predicted octanol–water partition coefficient (Wildman–Crippen LogP) is 5.37. The van der Waals surface area contributed by atoms with E-state index in [1.807, 2.05) is 36.7 Å². The number of hydrogen-bond acceptors (Lipinski definition) is 4. The van der Waals surface area contributed by atoms with Gasteiger partial charge in [0.2, 0.25) is 0 Å². The Kier molecular flexibility index (Phi) is 6.26. The molecule has 1 fully saturated rings. The van der Waals surface area contributed by atoms with Gasteiger partial charge in [-0.25, -0.2) is 4.98 Å². The molecule has 0 aliphatic carbocycles. The molecule has 1 aliphatic heterocycles. The van der Waals surface area contributed by atoms with E-state index in [4.69, 9.17) is 17.0 Å². The van der Waals surface area contributed by atoms with Crippen molar-refractivity contribution < 1.29 is 4.74 Å². The summed E-state index contributed by atoms with van der Waals surface area (Å²) in [5.74, 6) is 1.76. The minimum Gasteiger partial charge on any atom is -0.497 e. The number of thiocarbonyl (C=S) groups is 1. The van der Waals surface area contributed by atoms with Crippen molar-refractivity contribution in [2.24, 2.45) is 0 Å². The van der Waals surface area contributed by atoms with Crippen LogP contribution in [0.25, 0.3) is 5.82 Å².